The standard InChI is InChI=1S/C13H20BN5O2/c15-12(8-4-5-9-14(20)21)13-16-17-18-19(13)10-11-6-2-1-3-7-11/h1-3,6-7,12,20-21H,4-5,8-10,15H2. The minimum absolute atomic E-state index is 0.250. The molecule has 1 aromatic heterocycles. The van der Waals surface area contributed by atoms with Crippen LogP contribution in [-0.4, -0.2) is 37.4 Å². The van der Waals surface area contributed by atoms with Gasteiger partial charge in [0, 0.05) is 0 Å². The Morgan fingerprint density at radius 1 is 1.19 bits per heavy atom. The van der Waals surface area contributed by atoms with Gasteiger partial charge in [-0.2, -0.15) is 0 Å². The van der Waals surface area contributed by atoms with Crippen molar-refractivity contribution in [2.75, 3.05) is 0 Å². The Morgan fingerprint density at radius 2 is 1.95 bits per heavy atom. The maximum Gasteiger partial charge on any atom is 0.451 e. The summed E-state index contributed by atoms with van der Waals surface area (Å²) in [5.74, 6) is 0.656. The van der Waals surface area contributed by atoms with Crippen LogP contribution in [0.15, 0.2) is 30.3 Å². The summed E-state index contributed by atoms with van der Waals surface area (Å²) in [6.45, 7) is 0.590. The number of tetrazole rings is 1. The Hall–Kier alpha value is -1.77. The van der Waals surface area contributed by atoms with Gasteiger partial charge in [-0.25, -0.2) is 4.68 Å². The van der Waals surface area contributed by atoms with Crippen molar-refractivity contribution >= 4 is 7.12 Å². The second kappa shape index (κ2) is 7.87. The highest BCUT2D eigenvalue weighted by Gasteiger charge is 2.15. The van der Waals surface area contributed by atoms with Gasteiger partial charge in [-0.05, 0) is 28.7 Å². The fourth-order valence-electron chi connectivity index (χ4n) is 2.17. The van der Waals surface area contributed by atoms with Crippen molar-refractivity contribution < 1.29 is 10.0 Å². The Morgan fingerprint density at radius 3 is 2.67 bits per heavy atom. The van der Waals surface area contributed by atoms with Crippen molar-refractivity contribution in [3.05, 3.63) is 41.7 Å². The molecule has 8 heteroatoms. The zero-order valence-electron chi connectivity index (χ0n) is 11.8. The lowest BCUT2D eigenvalue weighted by molar-refractivity contribution is 0.400. The van der Waals surface area contributed by atoms with Crippen LogP contribution in [0.5, 0.6) is 0 Å². The second-order valence-corrected chi connectivity index (χ2v) is 5.05. The zero-order chi connectivity index (χ0) is 15.1. The largest absolute Gasteiger partial charge is 0.451 e. The highest BCUT2D eigenvalue weighted by Crippen LogP contribution is 2.16. The lowest BCUT2D eigenvalue weighted by atomic mass is 9.83. The number of hydrogen-bond donors (Lipinski definition) is 3. The van der Waals surface area contributed by atoms with E-state index in [0.29, 0.717) is 31.5 Å². The molecule has 0 spiro atoms. The lowest BCUT2D eigenvalue weighted by Crippen LogP contribution is -2.18. The van der Waals surface area contributed by atoms with E-state index in [1.165, 1.54) is 0 Å². The van der Waals surface area contributed by atoms with Crippen LogP contribution >= 0.6 is 0 Å². The van der Waals surface area contributed by atoms with Crippen molar-refractivity contribution in [1.82, 2.24) is 20.2 Å². The zero-order valence-corrected chi connectivity index (χ0v) is 11.8. The van der Waals surface area contributed by atoms with Crippen molar-refractivity contribution in [3.63, 3.8) is 0 Å². The first-order valence-corrected chi connectivity index (χ1v) is 7.08. The fourth-order valence-corrected chi connectivity index (χ4v) is 2.17. The van der Waals surface area contributed by atoms with Gasteiger partial charge in [0.05, 0.1) is 12.6 Å². The number of aromatic nitrogens is 4. The number of nitrogens with zero attached hydrogens (tertiary/aromatic N) is 4. The van der Waals surface area contributed by atoms with E-state index >= 15 is 0 Å². The lowest BCUT2D eigenvalue weighted by Gasteiger charge is -2.11. The molecule has 112 valence electrons. The highest BCUT2D eigenvalue weighted by molar-refractivity contribution is 6.40. The van der Waals surface area contributed by atoms with Crippen LogP contribution in [-0.2, 0) is 6.54 Å². The molecule has 1 heterocycles. The second-order valence-electron chi connectivity index (χ2n) is 5.05. The minimum Gasteiger partial charge on any atom is -0.427 e. The van der Waals surface area contributed by atoms with Crippen LogP contribution in [0.2, 0.25) is 6.32 Å². The Bertz CT molecular complexity index is 534. The molecule has 0 radical (unpaired) electrons. The van der Waals surface area contributed by atoms with Gasteiger partial charge >= 0.3 is 7.12 Å². The Balaban J connectivity index is 1.90. The maximum absolute atomic E-state index is 8.80. The van der Waals surface area contributed by atoms with Gasteiger partial charge in [-0.15, -0.1) is 5.10 Å². The molecule has 0 saturated heterocycles. The Kier molecular flexibility index (Phi) is 5.85. The molecule has 2 aromatic rings. The molecule has 1 aromatic carbocycles. The normalized spacial score (nSPS) is 12.3. The molecule has 0 aliphatic heterocycles. The van der Waals surface area contributed by atoms with Crippen LogP contribution in [0.4, 0.5) is 0 Å². The summed E-state index contributed by atoms with van der Waals surface area (Å²) in [4.78, 5) is 0. The summed E-state index contributed by atoms with van der Waals surface area (Å²) in [6, 6.07) is 9.68. The maximum atomic E-state index is 8.80. The summed E-state index contributed by atoms with van der Waals surface area (Å²) in [6.07, 6.45) is 2.59. The molecule has 7 nitrogen and oxygen atoms in total. The van der Waals surface area contributed by atoms with Crippen LogP contribution in [0.3, 0.4) is 0 Å². The molecule has 0 fully saturated rings. The van der Waals surface area contributed by atoms with E-state index in [1.807, 2.05) is 30.3 Å². The van der Waals surface area contributed by atoms with Crippen LogP contribution in [0.25, 0.3) is 0 Å². The van der Waals surface area contributed by atoms with Gasteiger partial charge < -0.3 is 15.8 Å². The molecule has 2 rings (SSSR count). The quantitative estimate of drug-likeness (QED) is 0.478. The monoisotopic (exact) mass is 289 g/mol. The molecular weight excluding hydrogens is 269 g/mol. The molecule has 0 saturated carbocycles. The van der Waals surface area contributed by atoms with Crippen LogP contribution < -0.4 is 5.73 Å². The first kappa shape index (κ1) is 15.6. The average molecular weight is 289 g/mol. The van der Waals surface area contributed by atoms with E-state index in [2.05, 4.69) is 15.5 Å². The van der Waals surface area contributed by atoms with Crippen LogP contribution in [0, 0.1) is 0 Å². The van der Waals surface area contributed by atoms with Crippen molar-refractivity contribution in [3.8, 4) is 0 Å². The Labute approximate surface area is 123 Å². The number of hydrogen-bond acceptors (Lipinski definition) is 6. The third-order valence-electron chi connectivity index (χ3n) is 3.29. The first-order valence-electron chi connectivity index (χ1n) is 7.08. The molecule has 0 aliphatic carbocycles. The molecule has 1 atom stereocenters. The molecule has 21 heavy (non-hydrogen) atoms. The summed E-state index contributed by atoms with van der Waals surface area (Å²) < 4.78 is 1.71. The topological polar surface area (TPSA) is 110 Å². The molecule has 1 unspecified atom stereocenters. The van der Waals surface area contributed by atoms with Gasteiger partial charge in [-0.1, -0.05) is 43.2 Å². The highest BCUT2D eigenvalue weighted by atomic mass is 16.4. The molecule has 0 aliphatic rings. The predicted octanol–water partition coefficient (Wildman–Crippen LogP) is 0.364. The van der Waals surface area contributed by atoms with Crippen LogP contribution in [0.1, 0.15) is 36.7 Å². The van der Waals surface area contributed by atoms with E-state index < -0.39 is 7.12 Å². The molecule has 0 bridgehead atoms. The number of nitrogens with two attached hydrogens (primary N) is 1. The van der Waals surface area contributed by atoms with Gasteiger partial charge in [0.2, 0.25) is 0 Å². The van der Waals surface area contributed by atoms with E-state index in [4.69, 9.17) is 15.8 Å². The van der Waals surface area contributed by atoms with E-state index in [1.54, 1.807) is 4.68 Å². The molecular formula is C13H20BN5O2. The van der Waals surface area contributed by atoms with Crippen molar-refractivity contribution in [1.29, 1.82) is 0 Å². The van der Waals surface area contributed by atoms with Crippen molar-refractivity contribution in [2.45, 2.75) is 38.2 Å². The third-order valence-corrected chi connectivity index (χ3v) is 3.29. The van der Waals surface area contributed by atoms with Crippen molar-refractivity contribution in [2.24, 2.45) is 5.73 Å². The predicted molar refractivity (Wildman–Crippen MR) is 79.1 cm³/mol. The SMILES string of the molecule is NC(CCCCB(O)O)c1nnnn1Cc1ccccc1. The summed E-state index contributed by atoms with van der Waals surface area (Å²) in [5.41, 5.74) is 7.24. The van der Waals surface area contributed by atoms with Gasteiger partial charge in [0.1, 0.15) is 0 Å². The number of benzene rings is 1. The fraction of sp³-hybridized carbons (Fsp3) is 0.462. The molecule has 4 N–H and O–H groups in total. The van der Waals surface area contributed by atoms with E-state index in [-0.39, 0.29) is 6.04 Å². The summed E-state index contributed by atoms with van der Waals surface area (Å²) in [7, 11) is -1.25. The first-order chi connectivity index (χ1) is 10.2. The summed E-state index contributed by atoms with van der Waals surface area (Å²) >= 11 is 0. The smallest absolute Gasteiger partial charge is 0.427 e. The van der Waals surface area contributed by atoms with Gasteiger partial charge in [0.25, 0.3) is 0 Å². The summed E-state index contributed by atoms with van der Waals surface area (Å²) in [5, 5.41) is 29.3. The number of unbranched alkanes of at least 4 members (excludes halogenated alkanes) is 1. The van der Waals surface area contributed by atoms with E-state index in [0.717, 1.165) is 12.0 Å². The minimum atomic E-state index is -1.25. The average Bonchev–Trinajstić information content (AvgIpc) is 2.92. The third kappa shape index (κ3) is 4.93. The number of rotatable bonds is 8. The molecule has 0 amide bonds. The van der Waals surface area contributed by atoms with E-state index in [9.17, 15) is 0 Å². The van der Waals surface area contributed by atoms with Gasteiger partial charge in [0.15, 0.2) is 5.82 Å². The van der Waals surface area contributed by atoms with Gasteiger partial charge in [-0.3, -0.25) is 0 Å².